The molecule has 0 radical (unpaired) electrons. The standard InChI is InChI=1S/C23H22ClN3O5/c1-30-21-13-16(2-7-20(21)32-15-22(28)27-8-10-31-11-9-27)12-17(14-25)23(29)26-19-5-3-18(24)4-6-19/h2-7,12-13H,8-11,15H2,1H3,(H,26,29)/b17-12+. The number of nitrogens with one attached hydrogen (secondary N) is 1. The average Bonchev–Trinajstić information content (AvgIpc) is 2.83. The van der Waals surface area contributed by atoms with Crippen molar-refractivity contribution in [3.8, 4) is 17.6 Å². The number of hydrogen-bond donors (Lipinski definition) is 1. The molecule has 0 bridgehead atoms. The van der Waals surface area contributed by atoms with Crippen LogP contribution in [-0.2, 0) is 14.3 Å². The van der Waals surface area contributed by atoms with Crippen molar-refractivity contribution in [2.24, 2.45) is 0 Å². The molecule has 0 atom stereocenters. The fraction of sp³-hybridized carbons (Fsp3) is 0.261. The maximum Gasteiger partial charge on any atom is 0.266 e. The Morgan fingerprint density at radius 2 is 1.91 bits per heavy atom. The van der Waals surface area contributed by atoms with Gasteiger partial charge >= 0.3 is 0 Å². The molecule has 1 aliphatic heterocycles. The number of anilines is 1. The zero-order valence-electron chi connectivity index (χ0n) is 17.5. The number of nitrogens with zero attached hydrogens (tertiary/aromatic N) is 2. The summed E-state index contributed by atoms with van der Waals surface area (Å²) in [6.45, 7) is 1.99. The highest BCUT2D eigenvalue weighted by Gasteiger charge is 2.18. The van der Waals surface area contributed by atoms with Crippen LogP contribution in [0.4, 0.5) is 5.69 Å². The van der Waals surface area contributed by atoms with Gasteiger partial charge < -0.3 is 24.4 Å². The van der Waals surface area contributed by atoms with Crippen LogP contribution in [0, 0.1) is 11.3 Å². The molecule has 8 nitrogen and oxygen atoms in total. The Morgan fingerprint density at radius 1 is 1.19 bits per heavy atom. The zero-order chi connectivity index (χ0) is 22.9. The number of carbonyl (C=O) groups excluding carboxylic acids is 2. The van der Waals surface area contributed by atoms with Crippen molar-refractivity contribution >= 4 is 35.2 Å². The topological polar surface area (TPSA) is 101 Å². The number of morpholine rings is 1. The van der Waals surface area contributed by atoms with E-state index in [1.54, 1.807) is 47.4 Å². The van der Waals surface area contributed by atoms with Gasteiger partial charge in [-0.15, -0.1) is 0 Å². The van der Waals surface area contributed by atoms with Crippen LogP contribution in [-0.4, -0.2) is 56.7 Å². The molecule has 3 rings (SSSR count). The Labute approximate surface area is 190 Å². The molecule has 1 aliphatic rings. The number of halogens is 1. The highest BCUT2D eigenvalue weighted by molar-refractivity contribution is 6.30. The quantitative estimate of drug-likeness (QED) is 0.508. The van der Waals surface area contributed by atoms with Crippen LogP contribution < -0.4 is 14.8 Å². The molecule has 166 valence electrons. The van der Waals surface area contributed by atoms with Crippen LogP contribution in [0.3, 0.4) is 0 Å². The minimum absolute atomic E-state index is 0.0850. The number of hydrogen-bond acceptors (Lipinski definition) is 6. The van der Waals surface area contributed by atoms with E-state index in [1.807, 2.05) is 6.07 Å². The van der Waals surface area contributed by atoms with Crippen molar-refractivity contribution in [2.75, 3.05) is 45.3 Å². The Kier molecular flexibility index (Phi) is 8.08. The van der Waals surface area contributed by atoms with Gasteiger partial charge in [-0.2, -0.15) is 5.26 Å². The van der Waals surface area contributed by atoms with Gasteiger partial charge in [0.2, 0.25) is 0 Å². The second kappa shape index (κ2) is 11.2. The number of benzene rings is 2. The second-order valence-electron chi connectivity index (χ2n) is 6.82. The molecule has 0 aromatic heterocycles. The third-order valence-electron chi connectivity index (χ3n) is 4.68. The van der Waals surface area contributed by atoms with Crippen LogP contribution in [0.25, 0.3) is 6.08 Å². The van der Waals surface area contributed by atoms with Crippen molar-refractivity contribution in [2.45, 2.75) is 0 Å². The highest BCUT2D eigenvalue weighted by Crippen LogP contribution is 2.29. The maximum atomic E-state index is 12.4. The van der Waals surface area contributed by atoms with Crippen molar-refractivity contribution in [3.63, 3.8) is 0 Å². The van der Waals surface area contributed by atoms with E-state index in [4.69, 9.17) is 25.8 Å². The minimum Gasteiger partial charge on any atom is -0.493 e. The van der Waals surface area contributed by atoms with Crippen LogP contribution in [0.2, 0.25) is 5.02 Å². The lowest BCUT2D eigenvalue weighted by Gasteiger charge is -2.26. The van der Waals surface area contributed by atoms with Gasteiger partial charge in [-0.25, -0.2) is 0 Å². The summed E-state index contributed by atoms with van der Waals surface area (Å²) in [5, 5.41) is 12.6. The fourth-order valence-electron chi connectivity index (χ4n) is 2.98. The molecule has 2 aromatic rings. The Morgan fingerprint density at radius 3 is 2.56 bits per heavy atom. The van der Waals surface area contributed by atoms with E-state index in [0.29, 0.717) is 54.1 Å². The molecule has 2 amide bonds. The lowest BCUT2D eigenvalue weighted by Crippen LogP contribution is -2.43. The Balaban J connectivity index is 1.68. The third kappa shape index (κ3) is 6.23. The fourth-order valence-corrected chi connectivity index (χ4v) is 3.11. The van der Waals surface area contributed by atoms with Crippen molar-refractivity contribution in [1.29, 1.82) is 5.26 Å². The van der Waals surface area contributed by atoms with Gasteiger partial charge in [-0.3, -0.25) is 9.59 Å². The van der Waals surface area contributed by atoms with Gasteiger partial charge in [0.25, 0.3) is 11.8 Å². The van der Waals surface area contributed by atoms with Gasteiger partial charge in [-0.1, -0.05) is 17.7 Å². The first kappa shape index (κ1) is 23.1. The first-order valence-electron chi connectivity index (χ1n) is 9.85. The van der Waals surface area contributed by atoms with Crippen LogP contribution in [0.5, 0.6) is 11.5 Å². The molecule has 9 heteroatoms. The smallest absolute Gasteiger partial charge is 0.266 e. The van der Waals surface area contributed by atoms with Crippen LogP contribution in [0.1, 0.15) is 5.56 Å². The van der Waals surface area contributed by atoms with Gasteiger partial charge in [0.1, 0.15) is 11.6 Å². The summed E-state index contributed by atoms with van der Waals surface area (Å²) in [5.74, 6) is 0.0782. The Hall–Kier alpha value is -3.54. The zero-order valence-corrected chi connectivity index (χ0v) is 18.2. The SMILES string of the molecule is COc1cc(/C=C(\C#N)C(=O)Nc2ccc(Cl)cc2)ccc1OCC(=O)N1CCOCC1. The number of ether oxygens (including phenoxy) is 3. The molecule has 2 aromatic carbocycles. The molecule has 1 N–H and O–H groups in total. The predicted octanol–water partition coefficient (Wildman–Crippen LogP) is 3.13. The van der Waals surface area contributed by atoms with E-state index < -0.39 is 5.91 Å². The first-order chi connectivity index (χ1) is 15.5. The van der Waals surface area contributed by atoms with Gasteiger partial charge in [0.05, 0.1) is 20.3 Å². The minimum atomic E-state index is -0.551. The van der Waals surface area contributed by atoms with E-state index in [1.165, 1.54) is 13.2 Å². The van der Waals surface area contributed by atoms with Crippen molar-refractivity contribution in [1.82, 2.24) is 4.90 Å². The van der Waals surface area contributed by atoms with E-state index >= 15 is 0 Å². The largest absolute Gasteiger partial charge is 0.493 e. The number of carbonyl (C=O) groups is 2. The van der Waals surface area contributed by atoms with E-state index in [2.05, 4.69) is 5.32 Å². The Bertz CT molecular complexity index is 1040. The summed E-state index contributed by atoms with van der Waals surface area (Å²) in [6.07, 6.45) is 1.44. The van der Waals surface area contributed by atoms with Gasteiger partial charge in [0.15, 0.2) is 18.1 Å². The van der Waals surface area contributed by atoms with E-state index in [0.717, 1.165) is 0 Å². The molecule has 1 saturated heterocycles. The summed E-state index contributed by atoms with van der Waals surface area (Å²) in [6, 6.07) is 13.4. The number of nitriles is 1. The second-order valence-corrected chi connectivity index (χ2v) is 7.26. The number of methoxy groups -OCH3 is 1. The summed E-state index contributed by atoms with van der Waals surface area (Å²) in [7, 11) is 1.47. The average molecular weight is 456 g/mol. The summed E-state index contributed by atoms with van der Waals surface area (Å²) < 4.78 is 16.2. The van der Waals surface area contributed by atoms with Crippen molar-refractivity contribution in [3.05, 3.63) is 58.6 Å². The lowest BCUT2D eigenvalue weighted by atomic mass is 10.1. The lowest BCUT2D eigenvalue weighted by molar-refractivity contribution is -0.137. The molecule has 0 spiro atoms. The van der Waals surface area contributed by atoms with Gasteiger partial charge in [0, 0.05) is 23.8 Å². The third-order valence-corrected chi connectivity index (χ3v) is 4.93. The summed E-state index contributed by atoms with van der Waals surface area (Å²) >= 11 is 5.84. The molecular weight excluding hydrogens is 434 g/mol. The monoisotopic (exact) mass is 455 g/mol. The number of amides is 2. The molecule has 1 fully saturated rings. The molecule has 1 heterocycles. The molecular formula is C23H22ClN3O5. The van der Waals surface area contributed by atoms with E-state index in [-0.39, 0.29) is 18.1 Å². The normalized spacial score (nSPS) is 13.8. The summed E-state index contributed by atoms with van der Waals surface area (Å²) in [4.78, 5) is 26.4. The molecule has 0 unspecified atom stereocenters. The van der Waals surface area contributed by atoms with E-state index in [9.17, 15) is 14.9 Å². The highest BCUT2D eigenvalue weighted by atomic mass is 35.5. The molecule has 0 saturated carbocycles. The molecule has 0 aliphatic carbocycles. The molecule has 32 heavy (non-hydrogen) atoms. The van der Waals surface area contributed by atoms with Crippen LogP contribution in [0.15, 0.2) is 48.0 Å². The van der Waals surface area contributed by atoms with Crippen LogP contribution >= 0.6 is 11.6 Å². The van der Waals surface area contributed by atoms with Crippen molar-refractivity contribution < 1.29 is 23.8 Å². The summed E-state index contributed by atoms with van der Waals surface area (Å²) in [5.41, 5.74) is 1.00. The first-order valence-corrected chi connectivity index (χ1v) is 10.2. The maximum absolute atomic E-state index is 12.4. The van der Waals surface area contributed by atoms with Gasteiger partial charge in [-0.05, 0) is 48.0 Å². The predicted molar refractivity (Wildman–Crippen MR) is 120 cm³/mol. The number of rotatable bonds is 7.